The number of rotatable bonds is 2. The Morgan fingerprint density at radius 2 is 2.00 bits per heavy atom. The minimum atomic E-state index is 0.779. The summed E-state index contributed by atoms with van der Waals surface area (Å²) in [6.45, 7) is 3.75. The Morgan fingerprint density at radius 1 is 1.14 bits per heavy atom. The first kappa shape index (κ1) is 10.4. The van der Waals surface area contributed by atoms with Gasteiger partial charge in [0.05, 0.1) is 0 Å². The number of hydrogen-bond acceptors (Lipinski definition) is 2. The lowest BCUT2D eigenvalue weighted by molar-refractivity contribution is 0.136. The highest BCUT2D eigenvalue weighted by Crippen LogP contribution is 2.28. The summed E-state index contributed by atoms with van der Waals surface area (Å²) in [4.78, 5) is 2.75. The summed E-state index contributed by atoms with van der Waals surface area (Å²) >= 11 is 0. The first-order chi connectivity index (χ1) is 6.81. The van der Waals surface area contributed by atoms with Crippen LogP contribution in [0.15, 0.2) is 0 Å². The van der Waals surface area contributed by atoms with Gasteiger partial charge in [-0.3, -0.25) is 4.90 Å². The van der Waals surface area contributed by atoms with E-state index in [1.165, 1.54) is 45.1 Å². The molecule has 2 rings (SSSR count). The summed E-state index contributed by atoms with van der Waals surface area (Å²) in [6, 6.07) is 2.50. The standard InChI is InChI=1S/C12H24N2/c1-10-5-4-8-14(10)12-7-3-6-11(9-12)13-2/h10-13H,3-9H2,1-2H3. The van der Waals surface area contributed by atoms with Crippen LogP contribution in [0.25, 0.3) is 0 Å². The summed E-state index contributed by atoms with van der Waals surface area (Å²) < 4.78 is 0. The van der Waals surface area contributed by atoms with Crippen molar-refractivity contribution < 1.29 is 0 Å². The van der Waals surface area contributed by atoms with Crippen LogP contribution >= 0.6 is 0 Å². The molecule has 0 spiro atoms. The molecule has 0 aromatic carbocycles. The Labute approximate surface area is 88.1 Å². The van der Waals surface area contributed by atoms with Gasteiger partial charge in [-0.05, 0) is 52.6 Å². The van der Waals surface area contributed by atoms with Gasteiger partial charge in [0, 0.05) is 18.1 Å². The number of nitrogens with one attached hydrogen (secondary N) is 1. The quantitative estimate of drug-likeness (QED) is 0.726. The van der Waals surface area contributed by atoms with Crippen molar-refractivity contribution in [3.05, 3.63) is 0 Å². The molecule has 1 N–H and O–H groups in total. The van der Waals surface area contributed by atoms with E-state index >= 15 is 0 Å². The van der Waals surface area contributed by atoms with Gasteiger partial charge in [-0.1, -0.05) is 6.42 Å². The third-order valence-corrected chi connectivity index (χ3v) is 4.13. The van der Waals surface area contributed by atoms with Crippen LogP contribution in [-0.4, -0.2) is 36.6 Å². The van der Waals surface area contributed by atoms with Crippen molar-refractivity contribution in [2.24, 2.45) is 0 Å². The number of nitrogens with zero attached hydrogens (tertiary/aromatic N) is 1. The summed E-state index contributed by atoms with van der Waals surface area (Å²) in [5.41, 5.74) is 0. The second-order valence-corrected chi connectivity index (χ2v) is 5.04. The minimum absolute atomic E-state index is 0.779. The zero-order valence-electron chi connectivity index (χ0n) is 9.63. The lowest BCUT2D eigenvalue weighted by Gasteiger charge is -2.37. The third kappa shape index (κ3) is 2.12. The van der Waals surface area contributed by atoms with Crippen molar-refractivity contribution in [1.82, 2.24) is 10.2 Å². The normalized spacial score (nSPS) is 40.3. The van der Waals surface area contributed by atoms with Crippen LogP contribution in [-0.2, 0) is 0 Å². The molecule has 0 aromatic rings. The molecule has 3 atom stereocenters. The summed E-state index contributed by atoms with van der Waals surface area (Å²) in [5.74, 6) is 0. The van der Waals surface area contributed by atoms with Crippen LogP contribution in [0.4, 0.5) is 0 Å². The van der Waals surface area contributed by atoms with Crippen molar-refractivity contribution in [1.29, 1.82) is 0 Å². The molecule has 14 heavy (non-hydrogen) atoms. The maximum Gasteiger partial charge on any atom is 0.0113 e. The zero-order valence-corrected chi connectivity index (χ0v) is 9.63. The van der Waals surface area contributed by atoms with Crippen LogP contribution in [0.1, 0.15) is 45.4 Å². The molecule has 0 amide bonds. The molecule has 2 heteroatoms. The van der Waals surface area contributed by atoms with Crippen LogP contribution < -0.4 is 5.32 Å². The van der Waals surface area contributed by atoms with E-state index < -0.39 is 0 Å². The lowest BCUT2D eigenvalue weighted by atomic mass is 9.90. The van der Waals surface area contributed by atoms with Crippen molar-refractivity contribution in [2.45, 2.75) is 63.6 Å². The minimum Gasteiger partial charge on any atom is -0.317 e. The van der Waals surface area contributed by atoms with Crippen LogP contribution in [0.3, 0.4) is 0 Å². The van der Waals surface area contributed by atoms with Gasteiger partial charge in [0.25, 0.3) is 0 Å². The van der Waals surface area contributed by atoms with Crippen LogP contribution in [0, 0.1) is 0 Å². The van der Waals surface area contributed by atoms with Gasteiger partial charge < -0.3 is 5.32 Å². The summed E-state index contributed by atoms with van der Waals surface area (Å²) in [7, 11) is 2.11. The molecular weight excluding hydrogens is 172 g/mol. The fourth-order valence-corrected chi connectivity index (χ4v) is 3.23. The van der Waals surface area contributed by atoms with Crippen molar-refractivity contribution in [3.63, 3.8) is 0 Å². The van der Waals surface area contributed by atoms with Gasteiger partial charge in [0.2, 0.25) is 0 Å². The highest BCUT2D eigenvalue weighted by atomic mass is 15.2. The van der Waals surface area contributed by atoms with E-state index in [1.807, 2.05) is 0 Å². The molecule has 1 aliphatic heterocycles. The molecule has 0 radical (unpaired) electrons. The van der Waals surface area contributed by atoms with E-state index in [1.54, 1.807) is 0 Å². The van der Waals surface area contributed by atoms with Crippen molar-refractivity contribution in [2.75, 3.05) is 13.6 Å². The first-order valence-electron chi connectivity index (χ1n) is 6.24. The molecule has 2 fully saturated rings. The predicted molar refractivity (Wildman–Crippen MR) is 60.5 cm³/mol. The van der Waals surface area contributed by atoms with Gasteiger partial charge in [-0.25, -0.2) is 0 Å². The Kier molecular flexibility index (Phi) is 3.45. The molecule has 2 aliphatic rings. The Hall–Kier alpha value is -0.0800. The summed E-state index contributed by atoms with van der Waals surface area (Å²) in [6.07, 6.45) is 8.45. The van der Waals surface area contributed by atoms with Gasteiger partial charge in [0.15, 0.2) is 0 Å². The second kappa shape index (κ2) is 4.63. The molecule has 1 saturated carbocycles. The fraction of sp³-hybridized carbons (Fsp3) is 1.00. The highest BCUT2D eigenvalue weighted by molar-refractivity contribution is 4.88. The van der Waals surface area contributed by atoms with E-state index in [9.17, 15) is 0 Å². The molecule has 2 nitrogen and oxygen atoms in total. The smallest absolute Gasteiger partial charge is 0.0113 e. The average Bonchev–Trinajstić information content (AvgIpc) is 2.65. The molecule has 1 heterocycles. The Balaban J connectivity index is 1.90. The van der Waals surface area contributed by atoms with E-state index in [0.29, 0.717) is 0 Å². The van der Waals surface area contributed by atoms with E-state index in [4.69, 9.17) is 0 Å². The van der Waals surface area contributed by atoms with E-state index in [2.05, 4.69) is 24.2 Å². The summed E-state index contributed by atoms with van der Waals surface area (Å²) in [5, 5.41) is 3.45. The third-order valence-electron chi connectivity index (χ3n) is 4.13. The molecule has 0 aromatic heterocycles. The second-order valence-electron chi connectivity index (χ2n) is 5.04. The molecule has 1 saturated heterocycles. The van der Waals surface area contributed by atoms with Gasteiger partial charge in [0.1, 0.15) is 0 Å². The van der Waals surface area contributed by atoms with E-state index in [-0.39, 0.29) is 0 Å². The molecule has 3 unspecified atom stereocenters. The lowest BCUT2D eigenvalue weighted by Crippen LogP contribution is -2.44. The maximum absolute atomic E-state index is 3.45. The zero-order chi connectivity index (χ0) is 9.97. The average molecular weight is 196 g/mol. The van der Waals surface area contributed by atoms with Crippen molar-refractivity contribution in [3.8, 4) is 0 Å². The molecule has 1 aliphatic carbocycles. The fourth-order valence-electron chi connectivity index (χ4n) is 3.23. The number of hydrogen-bond donors (Lipinski definition) is 1. The Morgan fingerprint density at radius 3 is 2.64 bits per heavy atom. The molecule has 0 bridgehead atoms. The predicted octanol–water partition coefficient (Wildman–Crippen LogP) is 2.00. The monoisotopic (exact) mass is 196 g/mol. The SMILES string of the molecule is CNC1CCCC(N2CCCC2C)C1. The topological polar surface area (TPSA) is 15.3 Å². The highest BCUT2D eigenvalue weighted by Gasteiger charge is 2.31. The van der Waals surface area contributed by atoms with Gasteiger partial charge in [-0.2, -0.15) is 0 Å². The first-order valence-corrected chi connectivity index (χ1v) is 6.24. The van der Waals surface area contributed by atoms with Crippen LogP contribution in [0.2, 0.25) is 0 Å². The van der Waals surface area contributed by atoms with Gasteiger partial charge in [-0.15, -0.1) is 0 Å². The number of likely N-dealkylation sites (tertiary alicyclic amines) is 1. The van der Waals surface area contributed by atoms with E-state index in [0.717, 1.165) is 18.1 Å². The molecule has 82 valence electrons. The van der Waals surface area contributed by atoms with Crippen molar-refractivity contribution >= 4 is 0 Å². The largest absolute Gasteiger partial charge is 0.317 e. The van der Waals surface area contributed by atoms with Crippen LogP contribution in [0.5, 0.6) is 0 Å². The Bertz CT molecular complexity index is 181. The molecular formula is C12H24N2. The maximum atomic E-state index is 3.45. The van der Waals surface area contributed by atoms with Gasteiger partial charge >= 0.3 is 0 Å².